The summed E-state index contributed by atoms with van der Waals surface area (Å²) in [6.45, 7) is 14.7. The number of hydrogen-bond donors (Lipinski definition) is 3. The number of carbonyl (C=O) groups is 1. The van der Waals surface area contributed by atoms with E-state index in [1.165, 1.54) is 12.5 Å². The SMILES string of the molecule is C=C(NCCC)c1ccc(-c2cnc3c(NCCC(F)(F)F)cc(-c4ccc(C(=O)O)c(C)c4)cn23)cc1C.CCC. The molecule has 42 heavy (non-hydrogen) atoms. The molecule has 0 spiro atoms. The molecule has 3 N–H and O–H groups in total. The van der Waals surface area contributed by atoms with Crippen molar-refractivity contribution in [3.05, 3.63) is 83.7 Å². The number of imidazole rings is 1. The van der Waals surface area contributed by atoms with Gasteiger partial charge in [0.1, 0.15) is 0 Å². The first kappa shape index (κ1) is 32.2. The Bertz CT molecular complexity index is 1560. The number of nitrogens with zero attached hydrogens (tertiary/aromatic N) is 2. The Morgan fingerprint density at radius 1 is 0.952 bits per heavy atom. The van der Waals surface area contributed by atoms with Crippen LogP contribution in [0.3, 0.4) is 0 Å². The number of aryl methyl sites for hydroxylation is 2. The highest BCUT2D eigenvalue weighted by molar-refractivity contribution is 5.90. The van der Waals surface area contributed by atoms with E-state index in [4.69, 9.17) is 0 Å². The molecule has 224 valence electrons. The molecule has 0 saturated carbocycles. The van der Waals surface area contributed by atoms with E-state index in [0.29, 0.717) is 22.5 Å². The van der Waals surface area contributed by atoms with Gasteiger partial charge in [-0.1, -0.05) is 58.0 Å². The number of hydrogen-bond acceptors (Lipinski definition) is 4. The Balaban J connectivity index is 0.00000155. The maximum atomic E-state index is 12.9. The number of rotatable bonds is 10. The van der Waals surface area contributed by atoms with Gasteiger partial charge < -0.3 is 15.7 Å². The first-order chi connectivity index (χ1) is 19.9. The molecule has 0 saturated heterocycles. The van der Waals surface area contributed by atoms with Gasteiger partial charge in [-0.05, 0) is 60.7 Å². The predicted octanol–water partition coefficient (Wildman–Crippen LogP) is 8.73. The minimum Gasteiger partial charge on any atom is -0.478 e. The Hall–Kier alpha value is -4.27. The zero-order valence-corrected chi connectivity index (χ0v) is 24.8. The summed E-state index contributed by atoms with van der Waals surface area (Å²) < 4.78 is 40.4. The van der Waals surface area contributed by atoms with Crippen LogP contribution in [0.15, 0.2) is 61.4 Å². The Morgan fingerprint density at radius 3 is 2.17 bits per heavy atom. The van der Waals surface area contributed by atoms with Crippen molar-refractivity contribution in [2.24, 2.45) is 0 Å². The van der Waals surface area contributed by atoms with Crippen LogP contribution in [0.2, 0.25) is 0 Å². The summed E-state index contributed by atoms with van der Waals surface area (Å²) in [6.07, 6.45) is 0.525. The molecule has 0 amide bonds. The van der Waals surface area contributed by atoms with Crippen molar-refractivity contribution in [2.45, 2.75) is 60.1 Å². The van der Waals surface area contributed by atoms with Gasteiger partial charge in [0, 0.05) is 36.1 Å². The molecular formula is C33H39F3N4O2. The van der Waals surface area contributed by atoms with E-state index in [0.717, 1.165) is 46.6 Å². The number of benzene rings is 2. The summed E-state index contributed by atoms with van der Waals surface area (Å²) in [4.78, 5) is 16.0. The Morgan fingerprint density at radius 2 is 1.57 bits per heavy atom. The van der Waals surface area contributed by atoms with Crippen LogP contribution in [0.1, 0.15) is 67.1 Å². The molecule has 0 aliphatic heterocycles. The molecule has 4 rings (SSSR count). The number of halogens is 3. The van der Waals surface area contributed by atoms with E-state index >= 15 is 0 Å². The molecule has 0 radical (unpaired) electrons. The highest BCUT2D eigenvalue weighted by atomic mass is 19.4. The standard InChI is InChI=1S/C30H31F3N4O2.C3H8/c1-5-11-34-20(4)24-8-7-22(14-18(24)2)27-16-36-28-26(35-12-10-30(31,32)33)15-23(17-37(27)28)21-6-9-25(29(38)39)19(3)13-21;1-3-2/h6-9,13-17,34-35H,4-5,10-12H2,1-3H3,(H,38,39);3H2,1-2H3. The molecule has 0 fully saturated rings. The average molecular weight is 581 g/mol. The van der Waals surface area contributed by atoms with Gasteiger partial charge in [0.25, 0.3) is 0 Å². The average Bonchev–Trinajstić information content (AvgIpc) is 3.35. The fraction of sp³-hybridized carbons (Fsp3) is 0.333. The van der Waals surface area contributed by atoms with Crippen LogP contribution in [0, 0.1) is 13.8 Å². The van der Waals surface area contributed by atoms with Crippen molar-refractivity contribution < 1.29 is 23.1 Å². The number of pyridine rings is 1. The van der Waals surface area contributed by atoms with Gasteiger partial charge in [-0.15, -0.1) is 0 Å². The highest BCUT2D eigenvalue weighted by Crippen LogP contribution is 2.32. The van der Waals surface area contributed by atoms with Gasteiger partial charge in [0.15, 0.2) is 5.65 Å². The van der Waals surface area contributed by atoms with Crippen molar-refractivity contribution in [2.75, 3.05) is 18.4 Å². The Labute approximate surface area is 245 Å². The first-order valence-corrected chi connectivity index (χ1v) is 14.1. The molecule has 0 aliphatic carbocycles. The summed E-state index contributed by atoms with van der Waals surface area (Å²) in [7, 11) is 0. The quantitative estimate of drug-likeness (QED) is 0.175. The van der Waals surface area contributed by atoms with Crippen LogP contribution in [0.25, 0.3) is 33.7 Å². The van der Waals surface area contributed by atoms with Crippen LogP contribution in [0.5, 0.6) is 0 Å². The third-order valence-electron chi connectivity index (χ3n) is 6.56. The summed E-state index contributed by atoms with van der Waals surface area (Å²) in [5.74, 6) is -1.02. The number of nitrogens with one attached hydrogen (secondary N) is 2. The van der Waals surface area contributed by atoms with Crippen molar-refractivity contribution in [1.82, 2.24) is 14.7 Å². The lowest BCUT2D eigenvalue weighted by atomic mass is 10.00. The highest BCUT2D eigenvalue weighted by Gasteiger charge is 2.26. The fourth-order valence-electron chi connectivity index (χ4n) is 4.54. The normalized spacial score (nSPS) is 11.1. The van der Waals surface area contributed by atoms with Crippen LogP contribution in [-0.4, -0.2) is 39.7 Å². The van der Waals surface area contributed by atoms with Crippen molar-refractivity contribution in [3.8, 4) is 22.4 Å². The van der Waals surface area contributed by atoms with E-state index < -0.39 is 18.6 Å². The van der Waals surface area contributed by atoms with Gasteiger partial charge in [-0.2, -0.15) is 13.2 Å². The maximum Gasteiger partial charge on any atom is 0.390 e. The maximum absolute atomic E-state index is 12.9. The molecular weight excluding hydrogens is 541 g/mol. The largest absolute Gasteiger partial charge is 0.478 e. The molecule has 2 aromatic carbocycles. The lowest BCUT2D eigenvalue weighted by Gasteiger charge is -2.15. The fourth-order valence-corrected chi connectivity index (χ4v) is 4.54. The predicted molar refractivity (Wildman–Crippen MR) is 165 cm³/mol. The van der Waals surface area contributed by atoms with E-state index in [9.17, 15) is 23.1 Å². The van der Waals surface area contributed by atoms with Crippen LogP contribution >= 0.6 is 0 Å². The third kappa shape index (κ3) is 7.93. The number of anilines is 1. The molecule has 9 heteroatoms. The lowest BCUT2D eigenvalue weighted by molar-refractivity contribution is -0.131. The summed E-state index contributed by atoms with van der Waals surface area (Å²) >= 11 is 0. The summed E-state index contributed by atoms with van der Waals surface area (Å²) in [5.41, 5.74) is 7.70. The third-order valence-corrected chi connectivity index (χ3v) is 6.56. The second-order valence-electron chi connectivity index (χ2n) is 10.2. The van der Waals surface area contributed by atoms with Crippen molar-refractivity contribution >= 4 is 23.0 Å². The number of aromatic nitrogens is 2. The molecule has 2 heterocycles. The molecule has 0 bridgehead atoms. The van der Waals surface area contributed by atoms with E-state index in [1.807, 2.05) is 35.7 Å². The molecule has 0 atom stereocenters. The van der Waals surface area contributed by atoms with E-state index in [-0.39, 0.29) is 12.1 Å². The minimum absolute atomic E-state index is 0.192. The van der Waals surface area contributed by atoms with Gasteiger partial charge in [0.05, 0.1) is 29.6 Å². The van der Waals surface area contributed by atoms with Crippen LogP contribution in [0.4, 0.5) is 18.9 Å². The second-order valence-corrected chi connectivity index (χ2v) is 10.2. The molecule has 6 nitrogen and oxygen atoms in total. The molecule has 0 unspecified atom stereocenters. The molecule has 4 aromatic rings. The van der Waals surface area contributed by atoms with E-state index in [2.05, 4.69) is 43.0 Å². The van der Waals surface area contributed by atoms with Gasteiger partial charge >= 0.3 is 12.1 Å². The number of carboxylic acid groups (broad SMARTS) is 1. The smallest absolute Gasteiger partial charge is 0.390 e. The van der Waals surface area contributed by atoms with Gasteiger partial charge in [-0.3, -0.25) is 4.40 Å². The topological polar surface area (TPSA) is 78.7 Å². The number of alkyl halides is 3. The van der Waals surface area contributed by atoms with Crippen molar-refractivity contribution in [1.29, 1.82) is 0 Å². The van der Waals surface area contributed by atoms with Crippen LogP contribution in [-0.2, 0) is 0 Å². The lowest BCUT2D eigenvalue weighted by Crippen LogP contribution is -2.15. The summed E-state index contributed by atoms with van der Waals surface area (Å²) in [5, 5.41) is 15.6. The molecule has 2 aromatic heterocycles. The van der Waals surface area contributed by atoms with Crippen LogP contribution < -0.4 is 10.6 Å². The monoisotopic (exact) mass is 580 g/mol. The Kier molecular flexibility index (Phi) is 10.8. The van der Waals surface area contributed by atoms with Crippen molar-refractivity contribution in [3.63, 3.8) is 0 Å². The van der Waals surface area contributed by atoms with E-state index in [1.54, 1.807) is 31.3 Å². The number of aromatic carboxylic acids is 1. The minimum atomic E-state index is -4.29. The van der Waals surface area contributed by atoms with Gasteiger partial charge in [-0.25, -0.2) is 9.78 Å². The van der Waals surface area contributed by atoms with Gasteiger partial charge in [0.2, 0.25) is 0 Å². The number of carboxylic acids is 1. The zero-order chi connectivity index (χ0) is 31.0. The number of fused-ring (bicyclic) bond motifs is 1. The molecule has 0 aliphatic rings. The first-order valence-electron chi connectivity index (χ1n) is 14.1. The summed E-state index contributed by atoms with van der Waals surface area (Å²) in [6, 6.07) is 12.7. The second kappa shape index (κ2) is 14.1. The zero-order valence-electron chi connectivity index (χ0n) is 24.8.